The number of hydrogen-bond donors (Lipinski definition) is 1. The lowest BCUT2D eigenvalue weighted by atomic mass is 10.6. The van der Waals surface area contributed by atoms with Crippen molar-refractivity contribution in [1.82, 2.24) is 4.98 Å². The standard InChI is InChI=1S/C4H4N2O2/c7-6-2-4-1-5-3-8-4/h1-3,7H. The molecule has 0 spiro atoms. The SMILES string of the molecule is ON=Cc1cnco1. The van der Waals surface area contributed by atoms with Crippen molar-refractivity contribution in [2.45, 2.75) is 0 Å². The maximum atomic E-state index is 7.92. The molecule has 0 unspecified atom stereocenters. The molecule has 1 N–H and O–H groups in total. The van der Waals surface area contributed by atoms with Gasteiger partial charge in [0.15, 0.2) is 12.2 Å². The van der Waals surface area contributed by atoms with E-state index in [9.17, 15) is 0 Å². The van der Waals surface area contributed by atoms with Gasteiger partial charge in [0.1, 0.15) is 6.21 Å². The fourth-order valence-corrected chi connectivity index (χ4v) is 0.346. The molecule has 0 aliphatic carbocycles. The van der Waals surface area contributed by atoms with Gasteiger partial charge in [0.05, 0.1) is 6.20 Å². The van der Waals surface area contributed by atoms with Crippen molar-refractivity contribution in [2.75, 3.05) is 0 Å². The second-order valence-electron chi connectivity index (χ2n) is 1.15. The first kappa shape index (κ1) is 4.83. The Morgan fingerprint density at radius 3 is 3.25 bits per heavy atom. The molecule has 0 saturated heterocycles. The van der Waals surface area contributed by atoms with Gasteiger partial charge in [-0.1, -0.05) is 5.16 Å². The molecule has 1 aromatic rings. The minimum Gasteiger partial charge on any atom is -0.442 e. The number of oxazole rings is 1. The summed E-state index contributed by atoms with van der Waals surface area (Å²) >= 11 is 0. The van der Waals surface area contributed by atoms with Gasteiger partial charge in [0.25, 0.3) is 0 Å². The van der Waals surface area contributed by atoms with Gasteiger partial charge in [-0.05, 0) is 0 Å². The number of nitrogens with zero attached hydrogens (tertiary/aromatic N) is 2. The number of rotatable bonds is 1. The van der Waals surface area contributed by atoms with Crippen LogP contribution in [0.5, 0.6) is 0 Å². The summed E-state index contributed by atoms with van der Waals surface area (Å²) in [5.41, 5.74) is 0. The van der Waals surface area contributed by atoms with E-state index in [1.807, 2.05) is 0 Å². The Balaban J connectivity index is 2.77. The molecule has 8 heavy (non-hydrogen) atoms. The smallest absolute Gasteiger partial charge is 0.181 e. The molecule has 0 fully saturated rings. The predicted molar refractivity (Wildman–Crippen MR) is 25.9 cm³/mol. The molecule has 0 saturated carbocycles. The molecule has 1 aromatic heterocycles. The minimum absolute atomic E-state index is 0.438. The van der Waals surface area contributed by atoms with E-state index in [0.29, 0.717) is 5.76 Å². The third kappa shape index (κ3) is 0.841. The van der Waals surface area contributed by atoms with Crippen LogP contribution in [0.15, 0.2) is 22.2 Å². The molecule has 4 heteroatoms. The van der Waals surface area contributed by atoms with Crippen LogP contribution in [-0.4, -0.2) is 16.4 Å². The Morgan fingerprint density at radius 1 is 1.88 bits per heavy atom. The largest absolute Gasteiger partial charge is 0.442 e. The average molecular weight is 112 g/mol. The first-order chi connectivity index (χ1) is 3.93. The molecule has 0 bridgehead atoms. The normalized spacial score (nSPS) is 10.5. The lowest BCUT2D eigenvalue weighted by Gasteiger charge is -1.72. The fraction of sp³-hybridized carbons (Fsp3) is 0. The molecular weight excluding hydrogens is 108 g/mol. The summed E-state index contributed by atoms with van der Waals surface area (Å²) in [6, 6.07) is 0. The van der Waals surface area contributed by atoms with E-state index in [-0.39, 0.29) is 0 Å². The quantitative estimate of drug-likeness (QED) is 0.326. The minimum atomic E-state index is 0.438. The summed E-state index contributed by atoms with van der Waals surface area (Å²) in [6.45, 7) is 0. The van der Waals surface area contributed by atoms with Crippen LogP contribution in [0.25, 0.3) is 0 Å². The van der Waals surface area contributed by atoms with Crippen LogP contribution >= 0.6 is 0 Å². The molecule has 0 radical (unpaired) electrons. The van der Waals surface area contributed by atoms with Crippen molar-refractivity contribution < 1.29 is 9.62 Å². The molecule has 42 valence electrons. The Labute approximate surface area is 45.5 Å². The monoisotopic (exact) mass is 112 g/mol. The van der Waals surface area contributed by atoms with E-state index < -0.39 is 0 Å². The van der Waals surface area contributed by atoms with Crippen LogP contribution in [0.4, 0.5) is 0 Å². The van der Waals surface area contributed by atoms with Crippen molar-refractivity contribution in [3.63, 3.8) is 0 Å². The van der Waals surface area contributed by atoms with Gasteiger partial charge in [0, 0.05) is 0 Å². The van der Waals surface area contributed by atoms with E-state index in [1.165, 1.54) is 12.6 Å². The Hall–Kier alpha value is -1.32. The maximum Gasteiger partial charge on any atom is 0.181 e. The second-order valence-corrected chi connectivity index (χ2v) is 1.15. The van der Waals surface area contributed by atoms with Crippen molar-refractivity contribution >= 4 is 6.21 Å². The van der Waals surface area contributed by atoms with Crippen molar-refractivity contribution in [1.29, 1.82) is 0 Å². The lowest BCUT2D eigenvalue weighted by molar-refractivity contribution is 0.320. The Kier molecular flexibility index (Phi) is 1.27. The van der Waals surface area contributed by atoms with Crippen molar-refractivity contribution in [3.8, 4) is 0 Å². The highest BCUT2D eigenvalue weighted by atomic mass is 16.4. The summed E-state index contributed by atoms with van der Waals surface area (Å²) in [7, 11) is 0. The summed E-state index contributed by atoms with van der Waals surface area (Å²) < 4.78 is 4.65. The summed E-state index contributed by atoms with van der Waals surface area (Å²) in [4.78, 5) is 3.57. The summed E-state index contributed by atoms with van der Waals surface area (Å²) in [6.07, 6.45) is 3.86. The van der Waals surface area contributed by atoms with Crippen molar-refractivity contribution in [2.24, 2.45) is 5.16 Å². The number of aromatic nitrogens is 1. The average Bonchev–Trinajstić information content (AvgIpc) is 2.19. The fourth-order valence-electron chi connectivity index (χ4n) is 0.346. The van der Waals surface area contributed by atoms with Gasteiger partial charge in [-0.2, -0.15) is 0 Å². The van der Waals surface area contributed by atoms with E-state index >= 15 is 0 Å². The first-order valence-corrected chi connectivity index (χ1v) is 1.99. The molecule has 0 aliphatic heterocycles. The van der Waals surface area contributed by atoms with Crippen LogP contribution in [0, 0.1) is 0 Å². The van der Waals surface area contributed by atoms with Crippen LogP contribution < -0.4 is 0 Å². The molecule has 0 aromatic carbocycles. The summed E-state index contributed by atoms with van der Waals surface area (Å²) in [5.74, 6) is 0.438. The Morgan fingerprint density at radius 2 is 2.75 bits per heavy atom. The van der Waals surface area contributed by atoms with Crippen molar-refractivity contribution in [3.05, 3.63) is 18.4 Å². The van der Waals surface area contributed by atoms with Crippen LogP contribution in [0.1, 0.15) is 5.76 Å². The molecule has 0 atom stereocenters. The van der Waals surface area contributed by atoms with Gasteiger partial charge in [-0.3, -0.25) is 0 Å². The van der Waals surface area contributed by atoms with Crippen LogP contribution in [-0.2, 0) is 0 Å². The van der Waals surface area contributed by atoms with Gasteiger partial charge in [-0.15, -0.1) is 0 Å². The lowest BCUT2D eigenvalue weighted by Crippen LogP contribution is -1.70. The zero-order chi connectivity index (χ0) is 5.82. The van der Waals surface area contributed by atoms with E-state index in [4.69, 9.17) is 5.21 Å². The molecule has 1 heterocycles. The van der Waals surface area contributed by atoms with E-state index in [0.717, 1.165) is 6.21 Å². The van der Waals surface area contributed by atoms with E-state index in [1.54, 1.807) is 0 Å². The van der Waals surface area contributed by atoms with Crippen LogP contribution in [0.2, 0.25) is 0 Å². The maximum absolute atomic E-state index is 7.92. The van der Waals surface area contributed by atoms with Crippen LogP contribution in [0.3, 0.4) is 0 Å². The molecule has 1 rings (SSSR count). The van der Waals surface area contributed by atoms with Gasteiger partial charge in [0.2, 0.25) is 0 Å². The summed E-state index contributed by atoms with van der Waals surface area (Å²) in [5, 5.41) is 10.6. The topological polar surface area (TPSA) is 58.6 Å². The Bertz CT molecular complexity index is 168. The third-order valence-corrected chi connectivity index (χ3v) is 0.636. The zero-order valence-electron chi connectivity index (χ0n) is 3.98. The van der Waals surface area contributed by atoms with Gasteiger partial charge < -0.3 is 9.62 Å². The molecular formula is C4H4N2O2. The predicted octanol–water partition coefficient (Wildman–Crippen LogP) is 0.483. The second kappa shape index (κ2) is 2.11. The van der Waals surface area contributed by atoms with Gasteiger partial charge >= 0.3 is 0 Å². The van der Waals surface area contributed by atoms with E-state index in [2.05, 4.69) is 14.6 Å². The van der Waals surface area contributed by atoms with Gasteiger partial charge in [-0.25, -0.2) is 4.98 Å². The molecule has 4 nitrogen and oxygen atoms in total. The molecule has 0 amide bonds. The molecule has 0 aliphatic rings. The highest BCUT2D eigenvalue weighted by Crippen LogP contribution is 1.89. The zero-order valence-corrected chi connectivity index (χ0v) is 3.98. The third-order valence-electron chi connectivity index (χ3n) is 0.636. The number of oxime groups is 1. The highest BCUT2D eigenvalue weighted by molar-refractivity contribution is 5.74. The highest BCUT2D eigenvalue weighted by Gasteiger charge is 1.85. The number of hydrogen-bond acceptors (Lipinski definition) is 4. The first-order valence-electron chi connectivity index (χ1n) is 1.99.